The van der Waals surface area contributed by atoms with Gasteiger partial charge in [-0.25, -0.2) is 4.98 Å². The van der Waals surface area contributed by atoms with E-state index < -0.39 is 0 Å². The summed E-state index contributed by atoms with van der Waals surface area (Å²) in [6.07, 6.45) is 0.250. The maximum atomic E-state index is 5.68. The van der Waals surface area contributed by atoms with Gasteiger partial charge in [-0.3, -0.25) is 0 Å². The van der Waals surface area contributed by atoms with Gasteiger partial charge in [0.05, 0.1) is 18.4 Å². The molecular formula is C12H18BrN3O. The molecule has 0 aliphatic carbocycles. The second-order valence-corrected chi connectivity index (χ2v) is 5.09. The van der Waals surface area contributed by atoms with Gasteiger partial charge in [0.1, 0.15) is 5.82 Å². The number of likely N-dealkylation sites (N-methyl/N-ethyl adjacent to an activating group) is 1. The van der Waals surface area contributed by atoms with Crippen LogP contribution in [0.15, 0.2) is 16.6 Å². The molecule has 1 N–H and O–H groups in total. The molecule has 0 bridgehead atoms. The first-order chi connectivity index (χ1) is 8.20. The van der Waals surface area contributed by atoms with Crippen molar-refractivity contribution < 1.29 is 4.74 Å². The number of anilines is 1. The fourth-order valence-corrected chi connectivity index (χ4v) is 2.21. The van der Waals surface area contributed by atoms with Gasteiger partial charge in [-0.1, -0.05) is 0 Å². The van der Waals surface area contributed by atoms with Crippen LogP contribution < -0.4 is 10.2 Å². The highest BCUT2D eigenvalue weighted by Gasteiger charge is 2.20. The van der Waals surface area contributed by atoms with Crippen molar-refractivity contribution in [2.24, 2.45) is 0 Å². The standard InChI is InChI=1S/C12H18BrN3O/c1-9-11(13)3-4-12(15-9)16-5-6-17-10(8-16)7-14-2/h3-4,10,14H,5-8H2,1-2H3. The van der Waals surface area contributed by atoms with Gasteiger partial charge >= 0.3 is 0 Å². The summed E-state index contributed by atoms with van der Waals surface area (Å²) in [4.78, 5) is 6.88. The molecular weight excluding hydrogens is 282 g/mol. The maximum absolute atomic E-state index is 5.68. The van der Waals surface area contributed by atoms with Crippen LogP contribution in [0.5, 0.6) is 0 Å². The zero-order chi connectivity index (χ0) is 12.3. The molecule has 1 aliphatic rings. The minimum Gasteiger partial charge on any atom is -0.373 e. The van der Waals surface area contributed by atoms with Crippen LogP contribution in [0.3, 0.4) is 0 Å². The Hall–Kier alpha value is -0.650. The number of morpholine rings is 1. The number of hydrogen-bond acceptors (Lipinski definition) is 4. The largest absolute Gasteiger partial charge is 0.373 e. The molecule has 94 valence electrons. The summed E-state index contributed by atoms with van der Waals surface area (Å²) >= 11 is 3.47. The van der Waals surface area contributed by atoms with E-state index >= 15 is 0 Å². The van der Waals surface area contributed by atoms with Crippen molar-refractivity contribution in [2.75, 3.05) is 38.2 Å². The zero-order valence-electron chi connectivity index (χ0n) is 10.2. The smallest absolute Gasteiger partial charge is 0.129 e. The minimum atomic E-state index is 0.250. The van der Waals surface area contributed by atoms with Crippen LogP contribution in [0.2, 0.25) is 0 Å². The molecule has 0 amide bonds. The summed E-state index contributed by atoms with van der Waals surface area (Å²) in [5, 5.41) is 3.15. The zero-order valence-corrected chi connectivity index (χ0v) is 11.8. The first-order valence-electron chi connectivity index (χ1n) is 5.85. The topological polar surface area (TPSA) is 37.4 Å². The van der Waals surface area contributed by atoms with Crippen LogP contribution in [0, 0.1) is 6.92 Å². The quantitative estimate of drug-likeness (QED) is 0.919. The first-order valence-corrected chi connectivity index (χ1v) is 6.64. The van der Waals surface area contributed by atoms with E-state index in [4.69, 9.17) is 4.74 Å². The van der Waals surface area contributed by atoms with Gasteiger partial charge in [0, 0.05) is 24.1 Å². The van der Waals surface area contributed by atoms with Crippen molar-refractivity contribution in [1.82, 2.24) is 10.3 Å². The lowest BCUT2D eigenvalue weighted by Crippen LogP contribution is -2.46. The Morgan fingerprint density at radius 3 is 3.12 bits per heavy atom. The average Bonchev–Trinajstić information content (AvgIpc) is 2.33. The van der Waals surface area contributed by atoms with Crippen molar-refractivity contribution in [3.63, 3.8) is 0 Å². The number of halogens is 1. The number of hydrogen-bond donors (Lipinski definition) is 1. The average molecular weight is 300 g/mol. The molecule has 2 heterocycles. The van der Waals surface area contributed by atoms with E-state index in [2.05, 4.69) is 43.3 Å². The lowest BCUT2D eigenvalue weighted by molar-refractivity contribution is 0.0419. The molecule has 2 rings (SSSR count). The van der Waals surface area contributed by atoms with Gasteiger partial charge in [-0.15, -0.1) is 0 Å². The van der Waals surface area contributed by atoms with E-state index in [0.717, 1.165) is 42.2 Å². The predicted molar refractivity (Wildman–Crippen MR) is 72.6 cm³/mol. The van der Waals surface area contributed by atoms with Crippen LogP contribution in [0.25, 0.3) is 0 Å². The summed E-state index contributed by atoms with van der Waals surface area (Å²) in [5.41, 5.74) is 1.03. The van der Waals surface area contributed by atoms with Gasteiger partial charge in [0.2, 0.25) is 0 Å². The minimum absolute atomic E-state index is 0.250. The van der Waals surface area contributed by atoms with Crippen molar-refractivity contribution >= 4 is 21.7 Å². The molecule has 1 saturated heterocycles. The van der Waals surface area contributed by atoms with Crippen LogP contribution in [0.4, 0.5) is 5.82 Å². The fraction of sp³-hybridized carbons (Fsp3) is 0.583. The number of nitrogens with zero attached hydrogens (tertiary/aromatic N) is 2. The summed E-state index contributed by atoms with van der Waals surface area (Å²) in [7, 11) is 1.95. The van der Waals surface area contributed by atoms with E-state index in [9.17, 15) is 0 Å². The van der Waals surface area contributed by atoms with Crippen LogP contribution in [0.1, 0.15) is 5.69 Å². The molecule has 1 unspecified atom stereocenters. The molecule has 0 spiro atoms. The fourth-order valence-electron chi connectivity index (χ4n) is 1.99. The highest BCUT2D eigenvalue weighted by molar-refractivity contribution is 9.10. The second-order valence-electron chi connectivity index (χ2n) is 4.23. The third kappa shape index (κ3) is 3.18. The number of nitrogens with one attached hydrogen (secondary N) is 1. The Labute approximate surface area is 110 Å². The Balaban J connectivity index is 2.08. The molecule has 5 heteroatoms. The molecule has 1 aromatic rings. The van der Waals surface area contributed by atoms with Crippen molar-refractivity contribution in [3.05, 3.63) is 22.3 Å². The molecule has 0 saturated carbocycles. The Bertz CT molecular complexity index is 384. The first kappa shape index (κ1) is 12.8. The lowest BCUT2D eigenvalue weighted by Gasteiger charge is -2.33. The molecule has 0 radical (unpaired) electrons. The molecule has 1 fully saturated rings. The van der Waals surface area contributed by atoms with Crippen LogP contribution in [-0.2, 0) is 4.74 Å². The molecule has 4 nitrogen and oxygen atoms in total. The normalized spacial score (nSPS) is 20.6. The van der Waals surface area contributed by atoms with Gasteiger partial charge in [0.15, 0.2) is 0 Å². The summed E-state index contributed by atoms with van der Waals surface area (Å²) in [6.45, 7) is 5.47. The van der Waals surface area contributed by atoms with Crippen LogP contribution in [-0.4, -0.2) is 44.4 Å². The highest BCUT2D eigenvalue weighted by atomic mass is 79.9. The SMILES string of the molecule is CNCC1CN(c2ccc(Br)c(C)n2)CCO1. The number of aryl methyl sites for hydroxylation is 1. The Morgan fingerprint density at radius 1 is 1.59 bits per heavy atom. The monoisotopic (exact) mass is 299 g/mol. The van der Waals surface area contributed by atoms with E-state index in [1.165, 1.54) is 0 Å². The van der Waals surface area contributed by atoms with Gasteiger partial charge in [0.25, 0.3) is 0 Å². The predicted octanol–water partition coefficient (Wildman–Crippen LogP) is 1.58. The summed E-state index contributed by atoms with van der Waals surface area (Å²) in [5.74, 6) is 1.04. The van der Waals surface area contributed by atoms with E-state index in [-0.39, 0.29) is 6.10 Å². The third-order valence-electron chi connectivity index (χ3n) is 2.90. The van der Waals surface area contributed by atoms with E-state index in [0.29, 0.717) is 0 Å². The number of rotatable bonds is 3. The number of pyridine rings is 1. The summed E-state index contributed by atoms with van der Waals surface area (Å²) < 4.78 is 6.74. The second kappa shape index (κ2) is 5.80. The van der Waals surface area contributed by atoms with Crippen LogP contribution >= 0.6 is 15.9 Å². The lowest BCUT2D eigenvalue weighted by atomic mass is 10.2. The van der Waals surface area contributed by atoms with Gasteiger partial charge in [-0.2, -0.15) is 0 Å². The van der Waals surface area contributed by atoms with Crippen molar-refractivity contribution in [1.29, 1.82) is 0 Å². The maximum Gasteiger partial charge on any atom is 0.129 e. The highest BCUT2D eigenvalue weighted by Crippen LogP contribution is 2.20. The molecule has 1 aromatic heterocycles. The summed E-state index contributed by atoms with van der Waals surface area (Å²) in [6, 6.07) is 4.11. The molecule has 0 aromatic carbocycles. The van der Waals surface area contributed by atoms with E-state index in [1.54, 1.807) is 0 Å². The van der Waals surface area contributed by atoms with Crippen molar-refractivity contribution in [2.45, 2.75) is 13.0 Å². The number of aromatic nitrogens is 1. The van der Waals surface area contributed by atoms with Crippen molar-refractivity contribution in [3.8, 4) is 0 Å². The Kier molecular flexibility index (Phi) is 4.36. The Morgan fingerprint density at radius 2 is 2.41 bits per heavy atom. The van der Waals surface area contributed by atoms with E-state index in [1.807, 2.05) is 14.0 Å². The third-order valence-corrected chi connectivity index (χ3v) is 3.74. The molecule has 1 aliphatic heterocycles. The molecule has 17 heavy (non-hydrogen) atoms. The number of ether oxygens (including phenoxy) is 1. The molecule has 1 atom stereocenters. The van der Waals surface area contributed by atoms with Gasteiger partial charge in [-0.05, 0) is 42.0 Å². The van der Waals surface area contributed by atoms with Gasteiger partial charge < -0.3 is 15.0 Å².